The zero-order valence-electron chi connectivity index (χ0n) is 11.9. The Kier molecular flexibility index (Phi) is 3.82. The molecule has 0 fully saturated rings. The summed E-state index contributed by atoms with van der Waals surface area (Å²) in [6.45, 7) is 4.89. The third kappa shape index (κ3) is 3.02. The fraction of sp³-hybridized carbons (Fsp3) is 0.583. The Balaban J connectivity index is 1.63. The molecule has 2 amide bonds. The summed E-state index contributed by atoms with van der Waals surface area (Å²) >= 11 is 1.06. The molecular formula is C12H17N7OS. The van der Waals surface area contributed by atoms with Gasteiger partial charge in [-0.2, -0.15) is 8.75 Å². The van der Waals surface area contributed by atoms with Gasteiger partial charge in [0.25, 0.3) is 0 Å². The van der Waals surface area contributed by atoms with E-state index in [1.54, 1.807) is 0 Å². The minimum Gasteiger partial charge on any atom is -0.333 e. The maximum Gasteiger partial charge on any atom is 0.320 e. The van der Waals surface area contributed by atoms with E-state index in [4.69, 9.17) is 0 Å². The van der Waals surface area contributed by atoms with Gasteiger partial charge in [-0.3, -0.25) is 5.32 Å². The predicted molar refractivity (Wildman–Crippen MR) is 78.3 cm³/mol. The number of carbonyl (C=O) groups is 1. The molecule has 2 aromatic heterocycles. The number of aromatic nitrogens is 5. The lowest BCUT2D eigenvalue weighted by molar-refractivity contribution is 0.244. The molecule has 0 bridgehead atoms. The van der Waals surface area contributed by atoms with Crippen molar-refractivity contribution in [1.29, 1.82) is 0 Å². The van der Waals surface area contributed by atoms with Crippen molar-refractivity contribution in [2.75, 3.05) is 5.32 Å². The summed E-state index contributed by atoms with van der Waals surface area (Å²) in [4.78, 5) is 11.9. The number of hydrogen-bond acceptors (Lipinski definition) is 6. The molecule has 112 valence electrons. The molecule has 1 unspecified atom stereocenters. The van der Waals surface area contributed by atoms with Crippen molar-refractivity contribution in [3.63, 3.8) is 0 Å². The van der Waals surface area contributed by atoms with Crippen molar-refractivity contribution in [3.8, 4) is 0 Å². The molecule has 9 heteroatoms. The molecule has 21 heavy (non-hydrogen) atoms. The van der Waals surface area contributed by atoms with Crippen molar-refractivity contribution in [3.05, 3.63) is 17.8 Å². The molecule has 1 aliphatic heterocycles. The Labute approximate surface area is 126 Å². The first-order chi connectivity index (χ1) is 10.1. The minimum absolute atomic E-state index is 0.0672. The van der Waals surface area contributed by atoms with Gasteiger partial charge in [0.05, 0.1) is 17.9 Å². The molecule has 0 radical (unpaired) electrons. The highest BCUT2D eigenvalue weighted by Gasteiger charge is 2.25. The zero-order valence-corrected chi connectivity index (χ0v) is 12.7. The molecule has 2 aromatic rings. The predicted octanol–water partition coefficient (Wildman–Crippen LogP) is 1.39. The molecule has 1 atom stereocenters. The monoisotopic (exact) mass is 307 g/mol. The summed E-state index contributed by atoms with van der Waals surface area (Å²) in [5.41, 5.74) is 0. The highest BCUT2D eigenvalue weighted by atomic mass is 32.1. The third-order valence-corrected chi connectivity index (χ3v) is 3.91. The molecule has 0 saturated carbocycles. The first-order valence-electron chi connectivity index (χ1n) is 6.90. The Morgan fingerprint density at radius 1 is 1.48 bits per heavy atom. The minimum atomic E-state index is -0.254. The SMILES string of the molecule is CC(C)c1nnc2n1CC(NC(=O)Nc1cnsn1)CC2. The van der Waals surface area contributed by atoms with Crippen molar-refractivity contribution < 1.29 is 4.79 Å². The number of urea groups is 1. The van der Waals surface area contributed by atoms with Crippen molar-refractivity contribution >= 4 is 23.6 Å². The van der Waals surface area contributed by atoms with Crippen LogP contribution in [0.25, 0.3) is 0 Å². The van der Waals surface area contributed by atoms with Gasteiger partial charge < -0.3 is 9.88 Å². The van der Waals surface area contributed by atoms with E-state index in [-0.39, 0.29) is 12.1 Å². The average molecular weight is 307 g/mol. The summed E-state index contributed by atoms with van der Waals surface area (Å²) in [7, 11) is 0. The quantitative estimate of drug-likeness (QED) is 0.893. The van der Waals surface area contributed by atoms with Gasteiger partial charge in [-0.1, -0.05) is 13.8 Å². The van der Waals surface area contributed by atoms with Crippen molar-refractivity contribution in [1.82, 2.24) is 28.8 Å². The van der Waals surface area contributed by atoms with Gasteiger partial charge in [-0.05, 0) is 6.42 Å². The maximum absolute atomic E-state index is 11.9. The Bertz CT molecular complexity index is 622. The van der Waals surface area contributed by atoms with Crippen LogP contribution in [0.3, 0.4) is 0 Å². The lowest BCUT2D eigenvalue weighted by Gasteiger charge is -2.25. The largest absolute Gasteiger partial charge is 0.333 e. The number of aryl methyl sites for hydroxylation is 1. The van der Waals surface area contributed by atoms with E-state index < -0.39 is 0 Å². The van der Waals surface area contributed by atoms with E-state index in [1.807, 2.05) is 0 Å². The topological polar surface area (TPSA) is 97.6 Å². The lowest BCUT2D eigenvalue weighted by Crippen LogP contribution is -2.43. The van der Waals surface area contributed by atoms with Gasteiger partial charge >= 0.3 is 6.03 Å². The molecule has 1 aliphatic rings. The van der Waals surface area contributed by atoms with E-state index in [0.29, 0.717) is 18.3 Å². The van der Waals surface area contributed by atoms with Crippen LogP contribution in [-0.2, 0) is 13.0 Å². The van der Waals surface area contributed by atoms with Crippen LogP contribution in [0.5, 0.6) is 0 Å². The second kappa shape index (κ2) is 5.76. The van der Waals surface area contributed by atoms with E-state index in [0.717, 1.165) is 36.2 Å². The maximum atomic E-state index is 11.9. The molecule has 0 saturated heterocycles. The summed E-state index contributed by atoms with van der Waals surface area (Å²) in [6, 6.07) is -0.187. The van der Waals surface area contributed by atoms with Gasteiger partial charge in [0.15, 0.2) is 5.82 Å². The van der Waals surface area contributed by atoms with Gasteiger partial charge in [-0.15, -0.1) is 10.2 Å². The molecule has 3 rings (SSSR count). The van der Waals surface area contributed by atoms with Crippen LogP contribution < -0.4 is 10.6 Å². The van der Waals surface area contributed by atoms with Gasteiger partial charge in [0.2, 0.25) is 0 Å². The number of carbonyl (C=O) groups excluding carboxylic acids is 1. The smallest absolute Gasteiger partial charge is 0.320 e. The molecule has 0 aromatic carbocycles. The highest BCUT2D eigenvalue weighted by molar-refractivity contribution is 6.99. The molecule has 2 N–H and O–H groups in total. The number of nitrogens with one attached hydrogen (secondary N) is 2. The molecule has 3 heterocycles. The van der Waals surface area contributed by atoms with E-state index in [9.17, 15) is 4.79 Å². The molecular weight excluding hydrogens is 290 g/mol. The highest BCUT2D eigenvalue weighted by Crippen LogP contribution is 2.20. The first-order valence-corrected chi connectivity index (χ1v) is 7.63. The third-order valence-electron chi connectivity index (χ3n) is 3.43. The average Bonchev–Trinajstić information content (AvgIpc) is 3.06. The normalized spacial score (nSPS) is 17.6. The number of fused-ring (bicyclic) bond motifs is 1. The number of anilines is 1. The summed E-state index contributed by atoms with van der Waals surface area (Å²) in [5.74, 6) is 2.77. The summed E-state index contributed by atoms with van der Waals surface area (Å²) < 4.78 is 9.91. The number of nitrogens with zero attached hydrogens (tertiary/aromatic N) is 5. The van der Waals surface area contributed by atoms with Crippen molar-refractivity contribution in [2.45, 2.75) is 45.2 Å². The van der Waals surface area contributed by atoms with Gasteiger partial charge in [-0.25, -0.2) is 4.79 Å². The lowest BCUT2D eigenvalue weighted by atomic mass is 10.1. The van der Waals surface area contributed by atoms with Crippen LogP contribution in [0.15, 0.2) is 6.20 Å². The van der Waals surface area contributed by atoms with Gasteiger partial charge in [0.1, 0.15) is 11.6 Å². The van der Waals surface area contributed by atoms with Gasteiger partial charge in [0, 0.05) is 24.9 Å². The molecule has 0 aliphatic carbocycles. The number of rotatable bonds is 3. The summed E-state index contributed by atoms with van der Waals surface area (Å²) in [6.07, 6.45) is 3.21. The summed E-state index contributed by atoms with van der Waals surface area (Å²) in [5, 5.41) is 14.1. The second-order valence-electron chi connectivity index (χ2n) is 5.37. The number of hydrogen-bond donors (Lipinski definition) is 2. The van der Waals surface area contributed by atoms with Crippen LogP contribution in [-0.4, -0.2) is 35.6 Å². The molecule has 0 spiro atoms. The van der Waals surface area contributed by atoms with Crippen LogP contribution in [0.4, 0.5) is 10.6 Å². The fourth-order valence-electron chi connectivity index (χ4n) is 2.45. The number of amides is 2. The Morgan fingerprint density at radius 2 is 2.33 bits per heavy atom. The van der Waals surface area contributed by atoms with Crippen LogP contribution in [0, 0.1) is 0 Å². The van der Waals surface area contributed by atoms with Crippen molar-refractivity contribution in [2.24, 2.45) is 0 Å². The standard InChI is InChI=1S/C12H17N7OS/c1-7(2)11-17-16-10-4-3-8(6-19(10)11)14-12(20)15-9-5-13-21-18-9/h5,7-8H,3-4,6H2,1-2H3,(H2,14,15,18,20). The van der Waals surface area contributed by atoms with E-state index in [2.05, 4.69) is 48.0 Å². The first kappa shape index (κ1) is 13.9. The zero-order chi connectivity index (χ0) is 14.8. The van der Waals surface area contributed by atoms with E-state index in [1.165, 1.54) is 6.20 Å². The van der Waals surface area contributed by atoms with Crippen LogP contribution in [0.2, 0.25) is 0 Å². The Morgan fingerprint density at radius 3 is 3.05 bits per heavy atom. The van der Waals surface area contributed by atoms with Crippen LogP contribution >= 0.6 is 11.7 Å². The van der Waals surface area contributed by atoms with E-state index >= 15 is 0 Å². The second-order valence-corrected chi connectivity index (χ2v) is 5.92. The Hall–Kier alpha value is -2.03. The molecule has 8 nitrogen and oxygen atoms in total. The fourth-order valence-corrected chi connectivity index (χ4v) is 2.83. The van der Waals surface area contributed by atoms with Crippen LogP contribution in [0.1, 0.15) is 37.8 Å².